The van der Waals surface area contributed by atoms with Crippen LogP contribution in [0.25, 0.3) is 0 Å². The second kappa shape index (κ2) is 7.22. The number of nitrogens with one attached hydrogen (secondary N) is 1. The fraction of sp³-hybridized carbons (Fsp3) is 0.438. The molecule has 2 amide bonds. The maximum absolute atomic E-state index is 12.9. The smallest absolute Gasteiger partial charge is 0.317 e. The van der Waals surface area contributed by atoms with Crippen molar-refractivity contribution in [2.75, 3.05) is 19.6 Å². The van der Waals surface area contributed by atoms with E-state index in [4.69, 9.17) is 0 Å². The van der Waals surface area contributed by atoms with Crippen LogP contribution in [0.1, 0.15) is 24.5 Å². The number of carbonyl (C=O) groups is 1. The minimum absolute atomic E-state index is 0.0929. The molecule has 1 unspecified atom stereocenters. The van der Waals surface area contributed by atoms with Crippen LogP contribution >= 0.6 is 0 Å². The van der Waals surface area contributed by atoms with Gasteiger partial charge in [-0.2, -0.15) is 0 Å². The van der Waals surface area contributed by atoms with Crippen LogP contribution in [0, 0.1) is 11.7 Å². The van der Waals surface area contributed by atoms with Gasteiger partial charge in [-0.05, 0) is 36.5 Å². The van der Waals surface area contributed by atoms with Gasteiger partial charge in [0.25, 0.3) is 0 Å². The number of aliphatic hydroxyl groups excluding tert-OH is 1. The molecular formula is C16H21FN2O2. The van der Waals surface area contributed by atoms with Gasteiger partial charge in [-0.3, -0.25) is 0 Å². The lowest BCUT2D eigenvalue weighted by atomic mass is 9.87. The van der Waals surface area contributed by atoms with E-state index < -0.39 is 6.10 Å². The Morgan fingerprint density at radius 3 is 2.62 bits per heavy atom. The fourth-order valence-corrected chi connectivity index (χ4v) is 2.62. The van der Waals surface area contributed by atoms with Crippen LogP contribution in [0.5, 0.6) is 0 Å². The molecule has 21 heavy (non-hydrogen) atoms. The highest BCUT2D eigenvalue weighted by molar-refractivity contribution is 5.74. The van der Waals surface area contributed by atoms with Crippen molar-refractivity contribution in [3.63, 3.8) is 0 Å². The van der Waals surface area contributed by atoms with Crippen LogP contribution in [0.3, 0.4) is 0 Å². The molecule has 1 aliphatic rings. The van der Waals surface area contributed by atoms with Crippen molar-refractivity contribution in [1.29, 1.82) is 0 Å². The molecule has 1 aromatic rings. The quantitative estimate of drug-likeness (QED) is 0.838. The molecule has 0 spiro atoms. The molecule has 1 fully saturated rings. The third-order valence-electron chi connectivity index (χ3n) is 3.88. The van der Waals surface area contributed by atoms with Crippen molar-refractivity contribution in [2.24, 2.45) is 5.92 Å². The van der Waals surface area contributed by atoms with Gasteiger partial charge >= 0.3 is 6.03 Å². The molecule has 0 saturated carbocycles. The number of halogens is 1. The first kappa shape index (κ1) is 15.5. The summed E-state index contributed by atoms with van der Waals surface area (Å²) < 4.78 is 12.9. The Balaban J connectivity index is 1.87. The molecule has 1 heterocycles. The Morgan fingerprint density at radius 1 is 1.43 bits per heavy atom. The highest BCUT2D eigenvalue weighted by atomic mass is 19.1. The first-order valence-corrected chi connectivity index (χ1v) is 7.19. The lowest BCUT2D eigenvalue weighted by Crippen LogP contribution is -2.45. The zero-order valence-electron chi connectivity index (χ0n) is 12.0. The van der Waals surface area contributed by atoms with Crippen molar-refractivity contribution in [3.05, 3.63) is 48.3 Å². The monoisotopic (exact) mass is 292 g/mol. The SMILES string of the molecule is C=CCNC(=O)N1CCC(C(O)c2ccc(F)cc2)CC1. The minimum atomic E-state index is -0.607. The first-order chi connectivity index (χ1) is 10.1. The maximum Gasteiger partial charge on any atom is 0.317 e. The molecule has 0 aromatic heterocycles. The summed E-state index contributed by atoms with van der Waals surface area (Å²) in [7, 11) is 0. The van der Waals surface area contributed by atoms with Crippen molar-refractivity contribution in [2.45, 2.75) is 18.9 Å². The number of likely N-dealkylation sites (tertiary alicyclic amines) is 1. The first-order valence-electron chi connectivity index (χ1n) is 7.19. The van der Waals surface area contributed by atoms with E-state index in [-0.39, 0.29) is 17.8 Å². The van der Waals surface area contributed by atoms with E-state index in [1.165, 1.54) is 12.1 Å². The second-order valence-electron chi connectivity index (χ2n) is 5.30. The Morgan fingerprint density at radius 2 is 2.05 bits per heavy atom. The van der Waals surface area contributed by atoms with Crippen molar-refractivity contribution in [1.82, 2.24) is 10.2 Å². The summed E-state index contributed by atoms with van der Waals surface area (Å²) in [6.07, 6.45) is 2.51. The predicted octanol–water partition coefficient (Wildman–Crippen LogP) is 2.47. The van der Waals surface area contributed by atoms with E-state index in [0.29, 0.717) is 19.6 Å². The molecule has 0 radical (unpaired) electrons. The average molecular weight is 292 g/mol. The van der Waals surface area contributed by atoms with Crippen LogP contribution < -0.4 is 5.32 Å². The van der Waals surface area contributed by atoms with Gasteiger partial charge in [0.1, 0.15) is 5.82 Å². The molecule has 0 bridgehead atoms. The largest absolute Gasteiger partial charge is 0.388 e. The van der Waals surface area contributed by atoms with E-state index in [2.05, 4.69) is 11.9 Å². The Kier molecular flexibility index (Phi) is 5.33. The van der Waals surface area contributed by atoms with Gasteiger partial charge in [-0.15, -0.1) is 6.58 Å². The summed E-state index contributed by atoms with van der Waals surface area (Å²) in [5.74, 6) is -0.210. The number of hydrogen-bond acceptors (Lipinski definition) is 2. The van der Waals surface area contributed by atoms with Crippen LogP contribution in [0.15, 0.2) is 36.9 Å². The summed E-state index contributed by atoms with van der Waals surface area (Å²) in [6.45, 7) is 5.25. The number of hydrogen-bond donors (Lipinski definition) is 2. The molecule has 1 atom stereocenters. The summed E-state index contributed by atoms with van der Waals surface area (Å²) in [5, 5.41) is 13.1. The third-order valence-corrected chi connectivity index (χ3v) is 3.88. The van der Waals surface area contributed by atoms with Crippen molar-refractivity contribution >= 4 is 6.03 Å². The van der Waals surface area contributed by atoms with E-state index in [1.807, 2.05) is 0 Å². The highest BCUT2D eigenvalue weighted by Crippen LogP contribution is 2.30. The van der Waals surface area contributed by atoms with E-state index in [9.17, 15) is 14.3 Å². The number of benzene rings is 1. The van der Waals surface area contributed by atoms with Crippen LogP contribution in [0.2, 0.25) is 0 Å². The van der Waals surface area contributed by atoms with Crippen molar-refractivity contribution < 1.29 is 14.3 Å². The molecule has 2 rings (SSSR count). The molecule has 1 aromatic carbocycles. The summed E-state index contributed by atoms with van der Waals surface area (Å²) >= 11 is 0. The summed E-state index contributed by atoms with van der Waals surface area (Å²) in [5.41, 5.74) is 0.728. The fourth-order valence-electron chi connectivity index (χ4n) is 2.62. The lowest BCUT2D eigenvalue weighted by molar-refractivity contribution is 0.0666. The van der Waals surface area contributed by atoms with Gasteiger partial charge < -0.3 is 15.3 Å². The van der Waals surface area contributed by atoms with Crippen LogP contribution in [-0.2, 0) is 0 Å². The number of aliphatic hydroxyl groups is 1. The van der Waals surface area contributed by atoms with Crippen LogP contribution in [-0.4, -0.2) is 35.7 Å². The molecular weight excluding hydrogens is 271 g/mol. The zero-order valence-corrected chi connectivity index (χ0v) is 12.0. The molecule has 1 aliphatic heterocycles. The standard InChI is InChI=1S/C16H21FN2O2/c1-2-9-18-16(21)19-10-7-13(8-11-19)15(20)12-3-5-14(17)6-4-12/h2-6,13,15,20H,1,7-11H2,(H,18,21). The number of carbonyl (C=O) groups excluding carboxylic acids is 1. The Bertz CT molecular complexity index is 482. The second-order valence-corrected chi connectivity index (χ2v) is 5.30. The molecule has 1 saturated heterocycles. The van der Waals surface area contributed by atoms with Gasteiger partial charge in [0.2, 0.25) is 0 Å². The Hall–Kier alpha value is -1.88. The maximum atomic E-state index is 12.9. The van der Waals surface area contributed by atoms with E-state index in [1.54, 1.807) is 23.1 Å². The highest BCUT2D eigenvalue weighted by Gasteiger charge is 2.28. The molecule has 114 valence electrons. The minimum Gasteiger partial charge on any atom is -0.388 e. The molecule has 2 N–H and O–H groups in total. The number of amides is 2. The zero-order chi connectivity index (χ0) is 15.2. The number of rotatable bonds is 4. The van der Waals surface area contributed by atoms with Gasteiger partial charge in [0.05, 0.1) is 6.10 Å². The number of nitrogens with zero attached hydrogens (tertiary/aromatic N) is 1. The third kappa shape index (κ3) is 4.04. The lowest BCUT2D eigenvalue weighted by Gasteiger charge is -2.34. The summed E-state index contributed by atoms with van der Waals surface area (Å²) in [4.78, 5) is 13.6. The molecule has 0 aliphatic carbocycles. The normalized spacial score (nSPS) is 17.3. The molecule has 5 heteroatoms. The van der Waals surface area contributed by atoms with Crippen molar-refractivity contribution in [3.8, 4) is 0 Å². The van der Waals surface area contributed by atoms with Gasteiger partial charge in [-0.1, -0.05) is 18.2 Å². The molecule has 4 nitrogen and oxygen atoms in total. The topological polar surface area (TPSA) is 52.6 Å². The Labute approximate surface area is 124 Å². The van der Waals surface area contributed by atoms with E-state index >= 15 is 0 Å². The average Bonchev–Trinajstić information content (AvgIpc) is 2.53. The predicted molar refractivity (Wildman–Crippen MR) is 79.3 cm³/mol. The summed E-state index contributed by atoms with van der Waals surface area (Å²) in [6, 6.07) is 5.85. The van der Waals surface area contributed by atoms with Gasteiger partial charge in [0.15, 0.2) is 0 Å². The van der Waals surface area contributed by atoms with Gasteiger partial charge in [-0.25, -0.2) is 9.18 Å². The number of piperidine rings is 1. The number of urea groups is 1. The van der Waals surface area contributed by atoms with E-state index in [0.717, 1.165) is 18.4 Å². The van der Waals surface area contributed by atoms with Crippen LogP contribution in [0.4, 0.5) is 9.18 Å². The van der Waals surface area contributed by atoms with Gasteiger partial charge in [0, 0.05) is 19.6 Å².